The number of nitrogens with zero attached hydrogens (tertiary/aromatic N) is 1. The number of amides is 1. The molecule has 5 rings (SSSR count). The fourth-order valence-electron chi connectivity index (χ4n) is 4.06. The van der Waals surface area contributed by atoms with E-state index in [1.165, 1.54) is 6.21 Å². The number of nitrogens with one attached hydrogen (secondary N) is 2. The third-order valence-corrected chi connectivity index (χ3v) is 7.70. The van der Waals surface area contributed by atoms with Crippen LogP contribution in [0.1, 0.15) is 26.4 Å². The summed E-state index contributed by atoms with van der Waals surface area (Å²) in [6.45, 7) is 0. The fourth-order valence-corrected chi connectivity index (χ4v) is 6.17. The summed E-state index contributed by atoms with van der Waals surface area (Å²) in [5.74, 6) is -0.856. The molecular weight excluding hydrogens is 705 g/mol. The van der Waals surface area contributed by atoms with Gasteiger partial charge >= 0.3 is 5.97 Å². The summed E-state index contributed by atoms with van der Waals surface area (Å²) >= 11 is 26.1. The van der Waals surface area contributed by atoms with Gasteiger partial charge in [0.05, 0.1) is 26.8 Å². The molecule has 40 heavy (non-hydrogen) atoms. The second-order valence-electron chi connectivity index (χ2n) is 8.43. The van der Waals surface area contributed by atoms with Crippen LogP contribution in [0, 0.1) is 0 Å². The fraction of sp³-hybridized carbons (Fsp3) is 0. The van der Waals surface area contributed by atoms with Crippen molar-refractivity contribution in [2.24, 2.45) is 5.10 Å². The number of carbonyl (C=O) groups is 2. The first kappa shape index (κ1) is 28.4. The highest BCUT2D eigenvalue weighted by Gasteiger charge is 2.23. The van der Waals surface area contributed by atoms with Crippen molar-refractivity contribution in [3.05, 3.63) is 120 Å². The van der Waals surface area contributed by atoms with Crippen molar-refractivity contribution in [1.82, 2.24) is 10.4 Å². The van der Waals surface area contributed by atoms with Gasteiger partial charge in [-0.3, -0.25) is 4.79 Å². The van der Waals surface area contributed by atoms with E-state index in [-0.39, 0.29) is 11.4 Å². The van der Waals surface area contributed by atoms with Gasteiger partial charge in [0.1, 0.15) is 5.69 Å². The van der Waals surface area contributed by atoms with Crippen molar-refractivity contribution in [2.45, 2.75) is 0 Å². The molecular formula is C29H16Br2Cl3N3O3. The van der Waals surface area contributed by atoms with Crippen LogP contribution in [-0.4, -0.2) is 23.1 Å². The Hall–Kier alpha value is -3.14. The van der Waals surface area contributed by atoms with E-state index in [1.807, 2.05) is 6.07 Å². The van der Waals surface area contributed by atoms with E-state index in [0.29, 0.717) is 57.2 Å². The molecule has 1 aromatic heterocycles. The summed E-state index contributed by atoms with van der Waals surface area (Å²) in [4.78, 5) is 29.2. The average Bonchev–Trinajstić information content (AvgIpc) is 3.30. The molecule has 0 saturated carbocycles. The number of esters is 1. The average molecular weight is 721 g/mol. The van der Waals surface area contributed by atoms with E-state index in [2.05, 4.69) is 47.4 Å². The quantitative estimate of drug-likeness (QED) is 0.0794. The topological polar surface area (TPSA) is 83.5 Å². The van der Waals surface area contributed by atoms with Crippen LogP contribution in [0.25, 0.3) is 22.0 Å². The SMILES string of the molecule is O=C(Oc1c(Br)cc(Br)cc1C=NNC(=O)c1[nH]c2c(Cl)cc(Cl)cc2c1-c1ccccc1Cl)c1ccccc1. The molecule has 0 bridgehead atoms. The van der Waals surface area contributed by atoms with Gasteiger partial charge in [0.15, 0.2) is 5.75 Å². The molecule has 4 aromatic carbocycles. The molecule has 200 valence electrons. The molecule has 1 heterocycles. The normalized spacial score (nSPS) is 11.2. The molecule has 0 aliphatic heterocycles. The Morgan fingerprint density at radius 2 is 1.62 bits per heavy atom. The Morgan fingerprint density at radius 3 is 2.38 bits per heavy atom. The van der Waals surface area contributed by atoms with Gasteiger partial charge in [0, 0.05) is 36.6 Å². The number of hydrogen-bond donors (Lipinski definition) is 2. The Kier molecular flexibility index (Phi) is 8.63. The lowest BCUT2D eigenvalue weighted by Gasteiger charge is -2.10. The number of rotatable bonds is 6. The Morgan fingerprint density at radius 1 is 0.900 bits per heavy atom. The molecule has 0 atom stereocenters. The second-order valence-corrected chi connectivity index (χ2v) is 11.4. The molecule has 0 radical (unpaired) electrons. The zero-order valence-electron chi connectivity index (χ0n) is 20.1. The number of ether oxygens (including phenoxy) is 1. The highest BCUT2D eigenvalue weighted by atomic mass is 79.9. The molecule has 5 aromatic rings. The van der Waals surface area contributed by atoms with Crippen LogP contribution in [0.3, 0.4) is 0 Å². The monoisotopic (exact) mass is 717 g/mol. The van der Waals surface area contributed by atoms with Crippen molar-refractivity contribution in [1.29, 1.82) is 0 Å². The lowest BCUT2D eigenvalue weighted by molar-refractivity contribution is 0.0733. The smallest absolute Gasteiger partial charge is 0.343 e. The Balaban J connectivity index is 1.48. The van der Waals surface area contributed by atoms with Gasteiger partial charge in [0.25, 0.3) is 5.91 Å². The van der Waals surface area contributed by atoms with Gasteiger partial charge in [-0.15, -0.1) is 0 Å². The zero-order chi connectivity index (χ0) is 28.4. The maximum absolute atomic E-state index is 13.4. The summed E-state index contributed by atoms with van der Waals surface area (Å²) in [6, 6.07) is 22.5. The first-order valence-corrected chi connectivity index (χ1v) is 14.3. The third kappa shape index (κ3) is 5.96. The second kappa shape index (κ2) is 12.2. The minimum atomic E-state index is -0.550. The predicted octanol–water partition coefficient (Wildman–Crippen LogP) is 9.30. The number of benzene rings is 4. The zero-order valence-corrected chi connectivity index (χ0v) is 25.6. The molecule has 0 spiro atoms. The van der Waals surface area contributed by atoms with E-state index in [9.17, 15) is 9.59 Å². The Bertz CT molecular complexity index is 1810. The summed E-state index contributed by atoms with van der Waals surface area (Å²) in [5, 5.41) is 5.97. The number of fused-ring (bicyclic) bond motifs is 1. The molecule has 11 heteroatoms. The number of hydrogen-bond acceptors (Lipinski definition) is 4. The number of aromatic amines is 1. The molecule has 2 N–H and O–H groups in total. The van der Waals surface area contributed by atoms with E-state index in [0.717, 1.165) is 0 Å². The highest BCUT2D eigenvalue weighted by molar-refractivity contribution is 9.11. The summed E-state index contributed by atoms with van der Waals surface area (Å²) in [6.07, 6.45) is 1.38. The van der Waals surface area contributed by atoms with Crippen LogP contribution < -0.4 is 10.2 Å². The van der Waals surface area contributed by atoms with E-state index in [4.69, 9.17) is 39.5 Å². The lowest BCUT2D eigenvalue weighted by Crippen LogP contribution is -2.19. The van der Waals surface area contributed by atoms with Crippen LogP contribution in [0.15, 0.2) is 92.9 Å². The first-order valence-electron chi connectivity index (χ1n) is 11.6. The molecule has 0 saturated heterocycles. The van der Waals surface area contributed by atoms with Gasteiger partial charge < -0.3 is 9.72 Å². The van der Waals surface area contributed by atoms with Crippen molar-refractivity contribution in [3.8, 4) is 16.9 Å². The third-order valence-electron chi connectivity index (χ3n) is 5.81. The van der Waals surface area contributed by atoms with Gasteiger partial charge in [-0.1, -0.05) is 87.1 Å². The van der Waals surface area contributed by atoms with Crippen LogP contribution in [0.5, 0.6) is 5.75 Å². The van der Waals surface area contributed by atoms with Crippen molar-refractivity contribution >= 4 is 95.7 Å². The largest absolute Gasteiger partial charge is 0.421 e. The molecule has 0 unspecified atom stereocenters. The first-order chi connectivity index (χ1) is 19.2. The van der Waals surface area contributed by atoms with Crippen LogP contribution in [-0.2, 0) is 0 Å². The number of H-pyrrole nitrogens is 1. The minimum absolute atomic E-state index is 0.190. The summed E-state index contributed by atoms with van der Waals surface area (Å²) in [5.41, 5.74) is 5.22. The molecule has 6 nitrogen and oxygen atoms in total. The molecule has 1 amide bonds. The van der Waals surface area contributed by atoms with Crippen molar-refractivity contribution in [2.75, 3.05) is 0 Å². The predicted molar refractivity (Wildman–Crippen MR) is 167 cm³/mol. The molecule has 0 aliphatic carbocycles. The van der Waals surface area contributed by atoms with Crippen LogP contribution >= 0.6 is 66.7 Å². The molecule has 0 fully saturated rings. The van der Waals surface area contributed by atoms with Crippen molar-refractivity contribution in [3.63, 3.8) is 0 Å². The van der Waals surface area contributed by atoms with Gasteiger partial charge in [0.2, 0.25) is 0 Å². The van der Waals surface area contributed by atoms with Crippen molar-refractivity contribution < 1.29 is 14.3 Å². The number of carbonyl (C=O) groups excluding carboxylic acids is 2. The number of halogens is 5. The van der Waals surface area contributed by atoms with Gasteiger partial charge in [-0.25, -0.2) is 10.2 Å². The molecule has 0 aliphatic rings. The van der Waals surface area contributed by atoms with Gasteiger partial charge in [-0.05, 0) is 58.4 Å². The maximum atomic E-state index is 13.4. The summed E-state index contributed by atoms with van der Waals surface area (Å²) < 4.78 is 6.87. The Labute approximate surface area is 260 Å². The number of aromatic nitrogens is 1. The lowest BCUT2D eigenvalue weighted by atomic mass is 10.0. The van der Waals surface area contributed by atoms with Gasteiger partial charge in [-0.2, -0.15) is 5.10 Å². The maximum Gasteiger partial charge on any atom is 0.343 e. The van der Waals surface area contributed by atoms with Crippen LogP contribution in [0.4, 0.5) is 0 Å². The summed E-state index contributed by atoms with van der Waals surface area (Å²) in [7, 11) is 0. The number of hydrazone groups is 1. The van der Waals surface area contributed by atoms with E-state index in [1.54, 1.807) is 72.8 Å². The van der Waals surface area contributed by atoms with E-state index < -0.39 is 11.9 Å². The van der Waals surface area contributed by atoms with Crippen LogP contribution in [0.2, 0.25) is 15.1 Å². The standard InChI is InChI=1S/C29H16Br2Cl3N3O3/c30-17-10-16(27(21(31)11-17)40-29(39)15-6-2-1-3-7-15)14-35-37-28(38)26-24(19-8-4-5-9-22(19)33)20-12-18(32)13-23(34)25(20)36-26/h1-14,36H,(H,37,38). The highest BCUT2D eigenvalue weighted by Crippen LogP contribution is 2.40. The minimum Gasteiger partial charge on any atom is -0.421 e. The van der Waals surface area contributed by atoms with E-state index >= 15 is 0 Å².